The van der Waals surface area contributed by atoms with Crippen LogP contribution in [-0.4, -0.2) is 44.3 Å². The van der Waals surface area contributed by atoms with Crippen molar-refractivity contribution in [2.45, 2.75) is 33.1 Å². The van der Waals surface area contributed by atoms with E-state index in [-0.39, 0.29) is 6.61 Å². The van der Waals surface area contributed by atoms with Crippen molar-refractivity contribution in [3.05, 3.63) is 71.5 Å². The Hall–Kier alpha value is -3.17. The van der Waals surface area contributed by atoms with E-state index in [4.69, 9.17) is 4.74 Å². The molecule has 2 N–H and O–H groups in total. The number of carbonyl (C=O) groups is 1. The highest BCUT2D eigenvalue weighted by molar-refractivity contribution is 6.45. The number of hydrogen-bond donors (Lipinski definition) is 2. The highest BCUT2D eigenvalue weighted by atomic mass is 16.5. The molecule has 2 aromatic carbocycles. The van der Waals surface area contributed by atoms with E-state index >= 15 is 0 Å². The molecule has 0 atom stereocenters. The predicted molar refractivity (Wildman–Crippen MR) is 113 cm³/mol. The zero-order valence-corrected chi connectivity index (χ0v) is 16.9. The molecule has 8 nitrogen and oxygen atoms in total. The SMILES string of the molecule is CB(O)N1CCn2nc(-c3ccc(CNC(=O)OCc4ccccc4)cc3)nc2C1. The van der Waals surface area contributed by atoms with Crippen molar-refractivity contribution in [2.24, 2.45) is 0 Å². The molecule has 1 aliphatic rings. The molecule has 0 radical (unpaired) electrons. The first kappa shape index (κ1) is 20.1. The molecule has 30 heavy (non-hydrogen) atoms. The molecule has 9 heteroatoms. The molecule has 1 amide bonds. The molecule has 0 unspecified atom stereocenters. The van der Waals surface area contributed by atoms with E-state index in [0.717, 1.165) is 29.1 Å². The highest BCUT2D eigenvalue weighted by Gasteiger charge is 2.24. The number of nitrogens with one attached hydrogen (secondary N) is 1. The number of fused-ring (bicyclic) bond motifs is 1. The van der Waals surface area contributed by atoms with Gasteiger partial charge in [-0.15, -0.1) is 0 Å². The van der Waals surface area contributed by atoms with E-state index in [9.17, 15) is 9.82 Å². The van der Waals surface area contributed by atoms with Gasteiger partial charge in [-0.3, -0.25) is 0 Å². The summed E-state index contributed by atoms with van der Waals surface area (Å²) >= 11 is 0. The van der Waals surface area contributed by atoms with Crippen LogP contribution >= 0.6 is 0 Å². The summed E-state index contributed by atoms with van der Waals surface area (Å²) < 4.78 is 7.12. The number of amides is 1. The first-order valence-electron chi connectivity index (χ1n) is 9.98. The molecule has 2 heterocycles. The average Bonchev–Trinajstić information content (AvgIpc) is 3.20. The largest absolute Gasteiger partial charge is 0.445 e. The van der Waals surface area contributed by atoms with E-state index in [1.54, 1.807) is 6.82 Å². The summed E-state index contributed by atoms with van der Waals surface area (Å²) in [5.41, 5.74) is 2.82. The van der Waals surface area contributed by atoms with Gasteiger partial charge in [0.15, 0.2) is 5.82 Å². The normalized spacial score (nSPS) is 13.5. The average molecular weight is 405 g/mol. The minimum Gasteiger partial charge on any atom is -0.445 e. The van der Waals surface area contributed by atoms with E-state index in [1.165, 1.54) is 0 Å². The number of rotatable bonds is 6. The fourth-order valence-electron chi connectivity index (χ4n) is 3.32. The lowest BCUT2D eigenvalue weighted by atomic mass is 9.84. The van der Waals surface area contributed by atoms with Crippen molar-refractivity contribution >= 4 is 13.1 Å². The standard InChI is InChI=1S/C21H24BN5O3/c1-22(29)26-11-12-27-19(14-26)24-20(25-27)18-9-7-16(8-10-18)13-23-21(28)30-15-17-5-3-2-4-6-17/h2-10,29H,11-15H2,1H3,(H,23,28). The second kappa shape index (κ2) is 9.10. The summed E-state index contributed by atoms with van der Waals surface area (Å²) in [6.07, 6.45) is -0.450. The number of hydrogen-bond acceptors (Lipinski definition) is 6. The summed E-state index contributed by atoms with van der Waals surface area (Å²) in [5, 5.41) is 17.1. The van der Waals surface area contributed by atoms with Gasteiger partial charge in [-0.1, -0.05) is 54.6 Å². The molecule has 0 aliphatic carbocycles. The van der Waals surface area contributed by atoms with Crippen LogP contribution in [0.2, 0.25) is 6.82 Å². The number of nitrogens with zero attached hydrogens (tertiary/aromatic N) is 4. The van der Waals surface area contributed by atoms with Crippen molar-refractivity contribution in [2.75, 3.05) is 6.54 Å². The van der Waals surface area contributed by atoms with Gasteiger partial charge in [-0.25, -0.2) is 14.5 Å². The number of benzene rings is 2. The minimum atomic E-state index is -0.495. The predicted octanol–water partition coefficient (Wildman–Crippen LogP) is 2.30. The third-order valence-electron chi connectivity index (χ3n) is 5.08. The van der Waals surface area contributed by atoms with Crippen molar-refractivity contribution in [1.29, 1.82) is 0 Å². The van der Waals surface area contributed by atoms with Gasteiger partial charge in [0.2, 0.25) is 0 Å². The van der Waals surface area contributed by atoms with Gasteiger partial charge in [-0.2, -0.15) is 5.10 Å². The number of ether oxygens (including phenoxy) is 1. The molecule has 0 spiro atoms. The molecule has 4 rings (SSSR count). The Morgan fingerprint density at radius 1 is 1.13 bits per heavy atom. The van der Waals surface area contributed by atoms with Gasteiger partial charge >= 0.3 is 13.1 Å². The summed E-state index contributed by atoms with van der Waals surface area (Å²) in [6, 6.07) is 17.3. The second-order valence-corrected chi connectivity index (χ2v) is 7.29. The van der Waals surface area contributed by atoms with E-state index in [0.29, 0.717) is 25.5 Å². The van der Waals surface area contributed by atoms with Crippen molar-refractivity contribution in [1.82, 2.24) is 24.9 Å². The first-order valence-corrected chi connectivity index (χ1v) is 9.98. The molecule has 0 fully saturated rings. The Morgan fingerprint density at radius 2 is 1.90 bits per heavy atom. The lowest BCUT2D eigenvalue weighted by Gasteiger charge is -2.26. The molecule has 0 bridgehead atoms. The van der Waals surface area contributed by atoms with Crippen molar-refractivity contribution in [3.8, 4) is 11.4 Å². The summed E-state index contributed by atoms with van der Waals surface area (Å²) in [6.45, 7) is 4.42. The van der Waals surface area contributed by atoms with Crippen LogP contribution in [0.25, 0.3) is 11.4 Å². The van der Waals surface area contributed by atoms with Gasteiger partial charge < -0.3 is 19.9 Å². The quantitative estimate of drug-likeness (QED) is 0.612. The molecular weight excluding hydrogens is 381 g/mol. The van der Waals surface area contributed by atoms with Crippen LogP contribution in [-0.2, 0) is 31.0 Å². The molecule has 0 saturated carbocycles. The maximum atomic E-state index is 11.9. The van der Waals surface area contributed by atoms with Crippen LogP contribution in [0.4, 0.5) is 4.79 Å². The van der Waals surface area contributed by atoms with Crippen LogP contribution in [0.5, 0.6) is 0 Å². The summed E-state index contributed by atoms with van der Waals surface area (Å²) in [7, 11) is -0.495. The maximum absolute atomic E-state index is 11.9. The zero-order valence-electron chi connectivity index (χ0n) is 16.9. The van der Waals surface area contributed by atoms with Crippen molar-refractivity contribution < 1.29 is 14.6 Å². The smallest absolute Gasteiger partial charge is 0.407 e. The Labute approximate surface area is 175 Å². The maximum Gasteiger partial charge on any atom is 0.407 e. The fraction of sp³-hybridized carbons (Fsp3) is 0.286. The van der Waals surface area contributed by atoms with E-state index in [1.807, 2.05) is 64.1 Å². The van der Waals surface area contributed by atoms with Crippen LogP contribution in [0.15, 0.2) is 54.6 Å². The van der Waals surface area contributed by atoms with E-state index < -0.39 is 13.1 Å². The Balaban J connectivity index is 1.31. The molecule has 154 valence electrons. The fourth-order valence-corrected chi connectivity index (χ4v) is 3.32. The zero-order chi connectivity index (χ0) is 20.9. The third kappa shape index (κ3) is 4.87. The highest BCUT2D eigenvalue weighted by Crippen LogP contribution is 2.19. The van der Waals surface area contributed by atoms with Gasteiger partial charge in [0.05, 0.1) is 13.1 Å². The lowest BCUT2D eigenvalue weighted by Crippen LogP contribution is -2.42. The summed E-state index contributed by atoms with van der Waals surface area (Å²) in [5.74, 6) is 1.52. The van der Waals surface area contributed by atoms with Gasteiger partial charge in [0.1, 0.15) is 12.4 Å². The van der Waals surface area contributed by atoms with Crippen LogP contribution < -0.4 is 5.32 Å². The number of alkyl carbamates (subject to hydrolysis) is 1. The third-order valence-corrected chi connectivity index (χ3v) is 5.08. The van der Waals surface area contributed by atoms with Crippen LogP contribution in [0.3, 0.4) is 0 Å². The Morgan fingerprint density at radius 3 is 2.63 bits per heavy atom. The molecule has 3 aromatic rings. The van der Waals surface area contributed by atoms with Gasteiger partial charge in [0.25, 0.3) is 0 Å². The van der Waals surface area contributed by atoms with Gasteiger partial charge in [-0.05, 0) is 17.9 Å². The minimum absolute atomic E-state index is 0.245. The topological polar surface area (TPSA) is 92.5 Å². The summed E-state index contributed by atoms with van der Waals surface area (Å²) in [4.78, 5) is 18.5. The molecule has 1 aliphatic heterocycles. The monoisotopic (exact) mass is 405 g/mol. The van der Waals surface area contributed by atoms with Gasteiger partial charge in [0, 0.05) is 18.7 Å². The second-order valence-electron chi connectivity index (χ2n) is 7.29. The lowest BCUT2D eigenvalue weighted by molar-refractivity contribution is 0.139. The number of carbonyl (C=O) groups excluding carboxylic acids is 1. The van der Waals surface area contributed by atoms with E-state index in [2.05, 4.69) is 15.4 Å². The molecule has 0 saturated heterocycles. The van der Waals surface area contributed by atoms with Crippen LogP contribution in [0, 0.1) is 0 Å². The first-order chi connectivity index (χ1) is 14.6. The van der Waals surface area contributed by atoms with Crippen molar-refractivity contribution in [3.63, 3.8) is 0 Å². The Bertz CT molecular complexity index is 992. The molecular formula is C21H24BN5O3. The van der Waals surface area contributed by atoms with Crippen LogP contribution in [0.1, 0.15) is 17.0 Å². The molecule has 1 aromatic heterocycles. The Kier molecular flexibility index (Phi) is 6.11. The number of aromatic nitrogens is 3.